The molecule has 1 atom stereocenters. The Morgan fingerprint density at radius 1 is 1.21 bits per heavy atom. The molecule has 0 aliphatic heterocycles. The molecule has 150 valence electrons. The van der Waals surface area contributed by atoms with Gasteiger partial charge in [-0.1, -0.05) is 55.0 Å². The zero-order valence-corrected chi connectivity index (χ0v) is 17.7. The second kappa shape index (κ2) is 9.88. The average molecular weight is 420 g/mol. The van der Waals surface area contributed by atoms with Gasteiger partial charge in [0.05, 0.1) is 5.25 Å². The number of nitrogens with zero attached hydrogens (tertiary/aromatic N) is 2. The first-order valence-electron chi connectivity index (χ1n) is 9.51. The van der Waals surface area contributed by atoms with E-state index in [4.69, 9.17) is 0 Å². The lowest BCUT2D eigenvalue weighted by Gasteiger charge is -2.14. The van der Waals surface area contributed by atoms with Gasteiger partial charge in [0, 0.05) is 11.7 Å². The predicted molar refractivity (Wildman–Crippen MR) is 113 cm³/mol. The molecule has 3 rings (SSSR count). The van der Waals surface area contributed by atoms with E-state index in [2.05, 4.69) is 45.2 Å². The van der Waals surface area contributed by atoms with Gasteiger partial charge in [-0.05, 0) is 43.9 Å². The van der Waals surface area contributed by atoms with Crippen LogP contribution in [0.2, 0.25) is 0 Å². The van der Waals surface area contributed by atoms with Gasteiger partial charge in [-0.3, -0.25) is 10.1 Å². The Bertz CT molecular complexity index is 803. The van der Waals surface area contributed by atoms with E-state index in [1.807, 2.05) is 12.1 Å². The first kappa shape index (κ1) is 20.6. The van der Waals surface area contributed by atoms with Crippen LogP contribution in [0.4, 0.5) is 15.6 Å². The van der Waals surface area contributed by atoms with Crippen molar-refractivity contribution in [2.75, 3.05) is 5.32 Å². The van der Waals surface area contributed by atoms with Crippen molar-refractivity contribution in [3.05, 3.63) is 29.8 Å². The first-order valence-corrected chi connectivity index (χ1v) is 11.2. The highest BCUT2D eigenvalue weighted by atomic mass is 32.2. The fourth-order valence-electron chi connectivity index (χ4n) is 2.97. The Morgan fingerprint density at radius 3 is 2.61 bits per heavy atom. The molecule has 1 fully saturated rings. The Balaban J connectivity index is 1.47. The van der Waals surface area contributed by atoms with Gasteiger partial charge in [0.2, 0.25) is 11.0 Å². The molecular weight excluding hydrogens is 394 g/mol. The Kier molecular flexibility index (Phi) is 7.27. The zero-order valence-electron chi connectivity index (χ0n) is 16.0. The number of imide groups is 1. The van der Waals surface area contributed by atoms with Crippen molar-refractivity contribution in [2.45, 2.75) is 61.6 Å². The van der Waals surface area contributed by atoms with Crippen molar-refractivity contribution in [1.29, 1.82) is 0 Å². The minimum Gasteiger partial charge on any atom is -0.335 e. The van der Waals surface area contributed by atoms with Crippen molar-refractivity contribution in [3.8, 4) is 0 Å². The fraction of sp³-hybridized carbons (Fsp3) is 0.474. The maximum absolute atomic E-state index is 12.2. The van der Waals surface area contributed by atoms with Crippen molar-refractivity contribution < 1.29 is 9.59 Å². The quantitative estimate of drug-likeness (QED) is 0.585. The van der Waals surface area contributed by atoms with Gasteiger partial charge in [0.1, 0.15) is 0 Å². The number of aryl methyl sites for hydroxylation is 1. The van der Waals surface area contributed by atoms with Crippen LogP contribution in [-0.4, -0.2) is 33.4 Å². The van der Waals surface area contributed by atoms with E-state index < -0.39 is 11.3 Å². The first-order chi connectivity index (χ1) is 13.5. The van der Waals surface area contributed by atoms with E-state index in [1.165, 1.54) is 28.7 Å². The SMILES string of the molecule is CCc1ccc(Nc2nnc(S[C@@H](C)C(=O)NC(=O)NC3CCCC3)s2)cc1. The number of carbonyl (C=O) groups excluding carboxylic acids is 2. The number of urea groups is 1. The fourth-order valence-corrected chi connectivity index (χ4v) is 4.88. The van der Waals surface area contributed by atoms with Crippen LogP contribution in [0.1, 0.15) is 45.1 Å². The second-order valence-electron chi connectivity index (χ2n) is 6.75. The lowest BCUT2D eigenvalue weighted by atomic mass is 10.1. The molecular formula is C19H25N5O2S2. The van der Waals surface area contributed by atoms with Crippen LogP contribution in [0.25, 0.3) is 0 Å². The minimum absolute atomic E-state index is 0.180. The molecule has 28 heavy (non-hydrogen) atoms. The van der Waals surface area contributed by atoms with Crippen molar-refractivity contribution in [3.63, 3.8) is 0 Å². The van der Waals surface area contributed by atoms with E-state index in [9.17, 15) is 9.59 Å². The summed E-state index contributed by atoms with van der Waals surface area (Å²) in [5, 5.41) is 16.9. The van der Waals surface area contributed by atoms with Gasteiger partial charge in [-0.2, -0.15) is 0 Å². The van der Waals surface area contributed by atoms with Crippen LogP contribution in [0.3, 0.4) is 0 Å². The molecule has 0 bridgehead atoms. The maximum atomic E-state index is 12.2. The van der Waals surface area contributed by atoms with Gasteiger partial charge >= 0.3 is 6.03 Å². The molecule has 1 aliphatic carbocycles. The predicted octanol–water partition coefficient (Wildman–Crippen LogP) is 4.09. The highest BCUT2D eigenvalue weighted by molar-refractivity contribution is 8.02. The molecule has 9 heteroatoms. The summed E-state index contributed by atoms with van der Waals surface area (Å²) in [5.41, 5.74) is 2.22. The third-order valence-electron chi connectivity index (χ3n) is 4.59. The third kappa shape index (κ3) is 5.93. The summed E-state index contributed by atoms with van der Waals surface area (Å²) < 4.78 is 0.673. The van der Waals surface area contributed by atoms with Crippen LogP contribution in [0.15, 0.2) is 28.6 Å². The molecule has 1 aliphatic rings. The van der Waals surface area contributed by atoms with Gasteiger partial charge in [-0.25, -0.2) is 4.79 Å². The van der Waals surface area contributed by atoms with Gasteiger partial charge < -0.3 is 10.6 Å². The number of carbonyl (C=O) groups is 2. The van der Waals surface area contributed by atoms with Crippen molar-refractivity contribution >= 4 is 45.9 Å². The number of nitrogens with one attached hydrogen (secondary N) is 3. The van der Waals surface area contributed by atoms with Gasteiger partial charge in [0.25, 0.3) is 0 Å². The Labute approximate surface area is 173 Å². The molecule has 1 aromatic heterocycles. The van der Waals surface area contributed by atoms with Gasteiger partial charge in [-0.15, -0.1) is 10.2 Å². The zero-order chi connectivity index (χ0) is 19.9. The van der Waals surface area contributed by atoms with E-state index in [0.29, 0.717) is 9.47 Å². The molecule has 1 saturated carbocycles. The number of aromatic nitrogens is 2. The van der Waals surface area contributed by atoms with E-state index in [-0.39, 0.29) is 11.9 Å². The molecule has 0 spiro atoms. The second-order valence-corrected chi connectivity index (χ2v) is 9.32. The molecule has 0 saturated heterocycles. The minimum atomic E-state index is -0.445. The summed E-state index contributed by atoms with van der Waals surface area (Å²) in [4.78, 5) is 24.2. The highest BCUT2D eigenvalue weighted by Crippen LogP contribution is 2.30. The lowest BCUT2D eigenvalue weighted by Crippen LogP contribution is -2.45. The number of benzene rings is 1. The highest BCUT2D eigenvalue weighted by Gasteiger charge is 2.22. The van der Waals surface area contributed by atoms with Crippen LogP contribution in [0, 0.1) is 0 Å². The number of rotatable bonds is 7. The molecule has 3 amide bonds. The summed E-state index contributed by atoms with van der Waals surface area (Å²) >= 11 is 2.66. The van der Waals surface area contributed by atoms with E-state index in [1.54, 1.807) is 6.92 Å². The maximum Gasteiger partial charge on any atom is 0.321 e. The summed E-state index contributed by atoms with van der Waals surface area (Å²) in [6.45, 7) is 3.87. The van der Waals surface area contributed by atoms with Crippen molar-refractivity contribution in [1.82, 2.24) is 20.8 Å². The Hall–Kier alpha value is -2.13. The molecule has 7 nitrogen and oxygen atoms in total. The molecule has 3 N–H and O–H groups in total. The number of anilines is 2. The largest absolute Gasteiger partial charge is 0.335 e. The standard InChI is InChI=1S/C19H25N5O2S2/c1-3-13-8-10-15(11-9-13)21-18-23-24-19(28-18)27-12(2)16(25)22-17(26)20-14-6-4-5-7-14/h8-12,14H,3-7H2,1-2H3,(H,21,23)(H2,20,22,25,26)/t12-/m0/s1. The van der Waals surface area contributed by atoms with Gasteiger partial charge in [0.15, 0.2) is 4.34 Å². The van der Waals surface area contributed by atoms with Crippen LogP contribution < -0.4 is 16.0 Å². The third-order valence-corrected chi connectivity index (χ3v) is 6.62. The van der Waals surface area contributed by atoms with Crippen LogP contribution in [0.5, 0.6) is 0 Å². The van der Waals surface area contributed by atoms with E-state index >= 15 is 0 Å². The normalized spacial score (nSPS) is 15.2. The number of amides is 3. The number of thioether (sulfide) groups is 1. The number of hydrogen-bond acceptors (Lipinski definition) is 7. The molecule has 2 aromatic rings. The number of hydrogen-bond donors (Lipinski definition) is 3. The van der Waals surface area contributed by atoms with Crippen LogP contribution >= 0.6 is 23.1 Å². The van der Waals surface area contributed by atoms with E-state index in [0.717, 1.165) is 37.8 Å². The molecule has 0 radical (unpaired) electrons. The smallest absolute Gasteiger partial charge is 0.321 e. The lowest BCUT2D eigenvalue weighted by molar-refractivity contribution is -0.119. The summed E-state index contributed by atoms with van der Waals surface area (Å²) in [7, 11) is 0. The Morgan fingerprint density at radius 2 is 1.93 bits per heavy atom. The average Bonchev–Trinajstić information content (AvgIpc) is 3.34. The summed E-state index contributed by atoms with van der Waals surface area (Å²) in [6.07, 6.45) is 5.21. The summed E-state index contributed by atoms with van der Waals surface area (Å²) in [5.74, 6) is -0.333. The molecule has 0 unspecified atom stereocenters. The molecule has 1 aromatic carbocycles. The summed E-state index contributed by atoms with van der Waals surface area (Å²) in [6, 6.07) is 7.92. The van der Waals surface area contributed by atoms with Crippen molar-refractivity contribution in [2.24, 2.45) is 0 Å². The topological polar surface area (TPSA) is 96.0 Å². The van der Waals surface area contributed by atoms with Crippen LogP contribution in [-0.2, 0) is 11.2 Å². The monoisotopic (exact) mass is 419 g/mol. The molecule has 1 heterocycles.